The van der Waals surface area contributed by atoms with Gasteiger partial charge in [0.2, 0.25) is 0 Å². The van der Waals surface area contributed by atoms with E-state index in [1.807, 2.05) is 6.07 Å². The molecule has 0 amide bonds. The van der Waals surface area contributed by atoms with E-state index in [0.717, 1.165) is 0 Å². The summed E-state index contributed by atoms with van der Waals surface area (Å²) in [5.74, 6) is 0.454. The maximum Gasteiger partial charge on any atom is 0.190 e. The minimum Gasteiger partial charge on any atom is -0.240 e. The van der Waals surface area contributed by atoms with Crippen LogP contribution in [-0.2, 0) is 0 Å². The molecular weight excluding hydrogens is 166 g/mol. The van der Waals surface area contributed by atoms with E-state index in [9.17, 15) is 0 Å². The highest BCUT2D eigenvalue weighted by Crippen LogP contribution is 2.04. The van der Waals surface area contributed by atoms with Crippen molar-refractivity contribution in [3.63, 3.8) is 0 Å². The van der Waals surface area contributed by atoms with Gasteiger partial charge in [0.1, 0.15) is 6.07 Å². The van der Waals surface area contributed by atoms with Crippen LogP contribution in [0.15, 0.2) is 30.9 Å². The first-order chi connectivity index (χ1) is 6.42. The Bertz CT molecular complexity index is 440. The maximum absolute atomic E-state index is 8.72. The van der Waals surface area contributed by atoms with E-state index in [-0.39, 0.29) is 5.69 Å². The number of nitriles is 1. The molecule has 0 fully saturated rings. The first-order valence-corrected chi connectivity index (χ1v) is 3.63. The predicted molar refractivity (Wildman–Crippen MR) is 43.9 cm³/mol. The van der Waals surface area contributed by atoms with Crippen LogP contribution in [0, 0.1) is 11.3 Å². The molecule has 0 spiro atoms. The Morgan fingerprint density at radius 3 is 2.77 bits per heavy atom. The molecule has 0 N–H and O–H groups in total. The molecule has 2 aromatic heterocycles. The standard InChI is InChI=1S/C8H5N5/c9-6-7-8(11-4-3-10-7)13-5-1-2-12-13/h1-5H. The van der Waals surface area contributed by atoms with E-state index in [2.05, 4.69) is 15.1 Å². The quantitative estimate of drug-likeness (QED) is 0.627. The largest absolute Gasteiger partial charge is 0.240 e. The average Bonchev–Trinajstić information content (AvgIpc) is 2.70. The van der Waals surface area contributed by atoms with Gasteiger partial charge in [-0.2, -0.15) is 10.4 Å². The van der Waals surface area contributed by atoms with Crippen LogP contribution in [0.5, 0.6) is 0 Å². The zero-order valence-corrected chi connectivity index (χ0v) is 6.62. The summed E-state index contributed by atoms with van der Waals surface area (Å²) in [5.41, 5.74) is 0.270. The molecule has 0 aliphatic carbocycles. The first kappa shape index (κ1) is 7.43. The molecule has 0 aromatic carbocycles. The minimum atomic E-state index is 0.270. The summed E-state index contributed by atoms with van der Waals surface area (Å²) in [6, 6.07) is 3.71. The van der Waals surface area contributed by atoms with Crippen molar-refractivity contribution >= 4 is 0 Å². The Hall–Kier alpha value is -2.22. The van der Waals surface area contributed by atoms with E-state index >= 15 is 0 Å². The molecule has 0 atom stereocenters. The van der Waals surface area contributed by atoms with Gasteiger partial charge in [-0.05, 0) is 6.07 Å². The number of aromatic nitrogens is 4. The zero-order valence-electron chi connectivity index (χ0n) is 6.62. The average molecular weight is 171 g/mol. The van der Waals surface area contributed by atoms with Crippen LogP contribution < -0.4 is 0 Å². The molecule has 2 heterocycles. The predicted octanol–water partition coefficient (Wildman–Crippen LogP) is 0.534. The Kier molecular flexibility index (Phi) is 1.73. The van der Waals surface area contributed by atoms with Crippen molar-refractivity contribution in [2.24, 2.45) is 0 Å². The van der Waals surface area contributed by atoms with Crippen LogP contribution in [0.1, 0.15) is 5.69 Å². The molecule has 0 aliphatic rings. The normalized spacial score (nSPS) is 9.46. The Morgan fingerprint density at radius 1 is 1.23 bits per heavy atom. The molecule has 0 saturated carbocycles. The molecule has 5 heteroatoms. The molecule has 13 heavy (non-hydrogen) atoms. The fraction of sp³-hybridized carbons (Fsp3) is 0. The molecular formula is C8H5N5. The molecule has 62 valence electrons. The summed E-state index contributed by atoms with van der Waals surface area (Å²) in [4.78, 5) is 7.88. The van der Waals surface area contributed by atoms with E-state index in [4.69, 9.17) is 5.26 Å². The lowest BCUT2D eigenvalue weighted by atomic mass is 10.4. The SMILES string of the molecule is N#Cc1nccnc1-n1cccn1. The number of nitrogens with zero attached hydrogens (tertiary/aromatic N) is 5. The van der Waals surface area contributed by atoms with E-state index in [1.54, 1.807) is 18.5 Å². The molecule has 0 bridgehead atoms. The van der Waals surface area contributed by atoms with Gasteiger partial charge < -0.3 is 0 Å². The van der Waals surface area contributed by atoms with Gasteiger partial charge in [-0.3, -0.25) is 0 Å². The molecule has 0 unspecified atom stereocenters. The van der Waals surface area contributed by atoms with Crippen LogP contribution in [0.4, 0.5) is 0 Å². The fourth-order valence-electron chi connectivity index (χ4n) is 0.971. The summed E-state index contributed by atoms with van der Waals surface area (Å²) in [6.07, 6.45) is 6.34. The van der Waals surface area contributed by atoms with Gasteiger partial charge in [0.15, 0.2) is 11.5 Å². The second kappa shape index (κ2) is 3.03. The summed E-state index contributed by atoms with van der Waals surface area (Å²) in [6.45, 7) is 0. The van der Waals surface area contributed by atoms with Crippen molar-refractivity contribution in [3.8, 4) is 11.9 Å². The van der Waals surface area contributed by atoms with Crippen LogP contribution in [0.2, 0.25) is 0 Å². The van der Waals surface area contributed by atoms with Crippen LogP contribution in [0.25, 0.3) is 5.82 Å². The van der Waals surface area contributed by atoms with Crippen LogP contribution in [-0.4, -0.2) is 19.7 Å². The third-order valence-corrected chi connectivity index (χ3v) is 1.51. The van der Waals surface area contributed by atoms with Crippen LogP contribution in [0.3, 0.4) is 0 Å². The van der Waals surface area contributed by atoms with Gasteiger partial charge in [-0.1, -0.05) is 0 Å². The smallest absolute Gasteiger partial charge is 0.190 e. The highest BCUT2D eigenvalue weighted by molar-refractivity contribution is 5.36. The molecule has 0 radical (unpaired) electrons. The van der Waals surface area contributed by atoms with Crippen molar-refractivity contribution in [2.75, 3.05) is 0 Å². The topological polar surface area (TPSA) is 67.4 Å². The van der Waals surface area contributed by atoms with Gasteiger partial charge in [0, 0.05) is 24.8 Å². The maximum atomic E-state index is 8.72. The molecule has 2 aromatic rings. The summed E-state index contributed by atoms with van der Waals surface area (Å²) < 4.78 is 1.51. The minimum absolute atomic E-state index is 0.270. The molecule has 0 aliphatic heterocycles. The van der Waals surface area contributed by atoms with Gasteiger partial charge in [-0.15, -0.1) is 0 Å². The zero-order chi connectivity index (χ0) is 9.10. The van der Waals surface area contributed by atoms with Crippen molar-refractivity contribution in [1.29, 1.82) is 5.26 Å². The monoisotopic (exact) mass is 171 g/mol. The number of hydrogen-bond donors (Lipinski definition) is 0. The van der Waals surface area contributed by atoms with Gasteiger partial charge >= 0.3 is 0 Å². The summed E-state index contributed by atoms with van der Waals surface area (Å²) in [7, 11) is 0. The summed E-state index contributed by atoms with van der Waals surface area (Å²) in [5, 5.41) is 12.7. The lowest BCUT2D eigenvalue weighted by Crippen LogP contribution is -2.02. The van der Waals surface area contributed by atoms with Crippen molar-refractivity contribution in [1.82, 2.24) is 19.7 Å². The first-order valence-electron chi connectivity index (χ1n) is 3.63. The van der Waals surface area contributed by atoms with Gasteiger partial charge in [0.05, 0.1) is 0 Å². The van der Waals surface area contributed by atoms with Crippen LogP contribution >= 0.6 is 0 Å². The Labute approximate surface area is 74.3 Å². The second-order valence-corrected chi connectivity index (χ2v) is 2.29. The fourth-order valence-corrected chi connectivity index (χ4v) is 0.971. The summed E-state index contributed by atoms with van der Waals surface area (Å²) >= 11 is 0. The van der Waals surface area contributed by atoms with E-state index < -0.39 is 0 Å². The molecule has 0 saturated heterocycles. The van der Waals surface area contributed by atoms with Crippen molar-refractivity contribution in [2.45, 2.75) is 0 Å². The van der Waals surface area contributed by atoms with Gasteiger partial charge in [-0.25, -0.2) is 14.6 Å². The van der Waals surface area contributed by atoms with Crippen molar-refractivity contribution in [3.05, 3.63) is 36.5 Å². The number of hydrogen-bond acceptors (Lipinski definition) is 4. The van der Waals surface area contributed by atoms with E-state index in [1.165, 1.54) is 17.1 Å². The van der Waals surface area contributed by atoms with Crippen molar-refractivity contribution < 1.29 is 0 Å². The lowest BCUT2D eigenvalue weighted by molar-refractivity contribution is 0.832. The lowest BCUT2D eigenvalue weighted by Gasteiger charge is -1.99. The molecule has 5 nitrogen and oxygen atoms in total. The second-order valence-electron chi connectivity index (χ2n) is 2.29. The van der Waals surface area contributed by atoms with E-state index in [0.29, 0.717) is 5.82 Å². The highest BCUT2D eigenvalue weighted by atomic mass is 15.3. The third kappa shape index (κ3) is 1.25. The molecule has 2 rings (SSSR count). The van der Waals surface area contributed by atoms with Gasteiger partial charge in [0.25, 0.3) is 0 Å². The third-order valence-electron chi connectivity index (χ3n) is 1.51. The number of rotatable bonds is 1. The highest BCUT2D eigenvalue weighted by Gasteiger charge is 2.05. The Morgan fingerprint density at radius 2 is 2.08 bits per heavy atom. The Balaban J connectivity index is 2.59.